The number of phenols is 1. The van der Waals surface area contributed by atoms with Gasteiger partial charge in [-0.25, -0.2) is 4.79 Å². The van der Waals surface area contributed by atoms with Gasteiger partial charge in [0.25, 0.3) is 0 Å². The van der Waals surface area contributed by atoms with Crippen LogP contribution in [0.4, 0.5) is 0 Å². The van der Waals surface area contributed by atoms with Crippen molar-refractivity contribution in [1.29, 1.82) is 0 Å². The largest absolute Gasteiger partial charge is 0.507 e. The monoisotopic (exact) mass is 272 g/mol. The lowest BCUT2D eigenvalue weighted by molar-refractivity contribution is 0.0693. The van der Waals surface area contributed by atoms with Crippen LogP contribution in [0.25, 0.3) is 0 Å². The van der Waals surface area contributed by atoms with E-state index in [0.717, 1.165) is 12.0 Å². The summed E-state index contributed by atoms with van der Waals surface area (Å²) in [4.78, 5) is 10.8. The van der Waals surface area contributed by atoms with Crippen LogP contribution in [0.2, 0.25) is 0 Å². The molecule has 104 valence electrons. The third-order valence-electron chi connectivity index (χ3n) is 3.00. The Kier molecular flexibility index (Phi) is 4.25. The lowest BCUT2D eigenvalue weighted by Gasteiger charge is -2.08. The first-order valence-electron chi connectivity index (χ1n) is 6.37. The predicted molar refractivity (Wildman–Crippen MR) is 75.2 cm³/mol. The average Bonchev–Trinajstić information content (AvgIpc) is 2.45. The highest BCUT2D eigenvalue weighted by Crippen LogP contribution is 2.24. The highest BCUT2D eigenvalue weighted by molar-refractivity contribution is 5.90. The number of carboxylic acids is 1. The zero-order valence-corrected chi connectivity index (χ0v) is 11.2. The van der Waals surface area contributed by atoms with Gasteiger partial charge in [0, 0.05) is 6.07 Å². The van der Waals surface area contributed by atoms with Crippen LogP contribution >= 0.6 is 0 Å². The molecule has 0 unspecified atom stereocenters. The van der Waals surface area contributed by atoms with Gasteiger partial charge in [0.2, 0.25) is 0 Å². The van der Waals surface area contributed by atoms with Gasteiger partial charge in [-0.3, -0.25) is 0 Å². The lowest BCUT2D eigenvalue weighted by Crippen LogP contribution is -1.99. The van der Waals surface area contributed by atoms with E-state index in [9.17, 15) is 9.90 Å². The van der Waals surface area contributed by atoms with Crippen molar-refractivity contribution in [3.63, 3.8) is 0 Å². The average molecular weight is 272 g/mol. The van der Waals surface area contributed by atoms with Crippen molar-refractivity contribution in [3.05, 3.63) is 59.2 Å². The minimum absolute atomic E-state index is 0.134. The summed E-state index contributed by atoms with van der Waals surface area (Å²) >= 11 is 0. The van der Waals surface area contributed by atoms with Gasteiger partial charge in [0.05, 0.1) is 0 Å². The van der Waals surface area contributed by atoms with E-state index in [-0.39, 0.29) is 11.3 Å². The molecule has 0 saturated carbocycles. The molecule has 0 aliphatic heterocycles. The number of aryl methyl sites for hydroxylation is 1. The number of aromatic hydroxyl groups is 1. The van der Waals surface area contributed by atoms with Crippen molar-refractivity contribution in [2.75, 3.05) is 0 Å². The van der Waals surface area contributed by atoms with Gasteiger partial charge in [-0.05, 0) is 29.7 Å². The molecule has 0 atom stereocenters. The van der Waals surface area contributed by atoms with Crippen molar-refractivity contribution in [2.24, 2.45) is 0 Å². The van der Waals surface area contributed by atoms with Crippen LogP contribution in [0.15, 0.2) is 42.5 Å². The summed E-state index contributed by atoms with van der Waals surface area (Å²) in [5.41, 5.74) is 2.13. The van der Waals surface area contributed by atoms with Crippen LogP contribution in [0.1, 0.15) is 28.4 Å². The molecule has 0 amide bonds. The first-order valence-corrected chi connectivity index (χ1v) is 6.37. The summed E-state index contributed by atoms with van der Waals surface area (Å²) in [6.45, 7) is 2.46. The van der Waals surface area contributed by atoms with Gasteiger partial charge < -0.3 is 14.9 Å². The fraction of sp³-hybridized carbons (Fsp3) is 0.188. The zero-order valence-electron chi connectivity index (χ0n) is 11.2. The minimum Gasteiger partial charge on any atom is -0.507 e. The van der Waals surface area contributed by atoms with E-state index in [1.165, 1.54) is 23.8 Å². The number of rotatable bonds is 5. The molecule has 2 aromatic carbocycles. The Bertz CT molecular complexity index is 620. The molecule has 0 heterocycles. The molecule has 0 saturated heterocycles. The van der Waals surface area contributed by atoms with Crippen molar-refractivity contribution >= 4 is 5.97 Å². The Morgan fingerprint density at radius 2 is 1.90 bits per heavy atom. The van der Waals surface area contributed by atoms with Gasteiger partial charge in [-0.2, -0.15) is 0 Å². The normalized spacial score (nSPS) is 10.2. The van der Waals surface area contributed by atoms with Gasteiger partial charge >= 0.3 is 5.97 Å². The third-order valence-corrected chi connectivity index (χ3v) is 3.00. The first-order chi connectivity index (χ1) is 9.60. The Hall–Kier alpha value is -2.49. The van der Waals surface area contributed by atoms with E-state index < -0.39 is 5.97 Å². The Morgan fingerprint density at radius 3 is 2.55 bits per heavy atom. The van der Waals surface area contributed by atoms with Gasteiger partial charge in [0.15, 0.2) is 0 Å². The first kappa shape index (κ1) is 13.9. The topological polar surface area (TPSA) is 66.8 Å². The van der Waals surface area contributed by atoms with E-state index in [1.807, 2.05) is 12.1 Å². The van der Waals surface area contributed by atoms with Crippen LogP contribution in [0.5, 0.6) is 11.5 Å². The number of carboxylic acid groups (broad SMARTS) is 1. The molecule has 20 heavy (non-hydrogen) atoms. The van der Waals surface area contributed by atoms with Crippen LogP contribution in [-0.4, -0.2) is 16.2 Å². The smallest absolute Gasteiger partial charge is 0.339 e. The molecule has 2 N–H and O–H groups in total. The van der Waals surface area contributed by atoms with E-state index in [0.29, 0.717) is 12.4 Å². The number of aromatic carboxylic acids is 1. The van der Waals surface area contributed by atoms with Crippen LogP contribution < -0.4 is 4.74 Å². The summed E-state index contributed by atoms with van der Waals surface area (Å²) < 4.78 is 5.55. The second kappa shape index (κ2) is 6.10. The Balaban J connectivity index is 2.07. The number of carbonyl (C=O) groups is 1. The molecule has 0 spiro atoms. The number of hydrogen-bond acceptors (Lipinski definition) is 3. The summed E-state index contributed by atoms with van der Waals surface area (Å²) in [5.74, 6) is -1.02. The molecule has 0 aliphatic carbocycles. The molecule has 0 fully saturated rings. The standard InChI is InChI=1S/C16H16O4/c1-2-11-4-3-5-12(8-11)10-20-13-6-7-14(16(18)19)15(17)9-13/h3-9,17H,2,10H2,1H3,(H,18,19). The van der Waals surface area contributed by atoms with E-state index in [4.69, 9.17) is 9.84 Å². The highest BCUT2D eigenvalue weighted by Gasteiger charge is 2.10. The molecule has 0 radical (unpaired) electrons. The number of hydrogen-bond donors (Lipinski definition) is 2. The van der Waals surface area contributed by atoms with Crippen molar-refractivity contribution < 1.29 is 19.7 Å². The summed E-state index contributed by atoms with van der Waals surface area (Å²) in [7, 11) is 0. The molecule has 0 aliphatic rings. The molecule has 4 nitrogen and oxygen atoms in total. The van der Waals surface area contributed by atoms with Gasteiger partial charge in [-0.1, -0.05) is 31.2 Å². The predicted octanol–water partition coefficient (Wildman–Crippen LogP) is 3.23. The maximum absolute atomic E-state index is 10.8. The molecule has 2 aromatic rings. The number of benzene rings is 2. The molecule has 0 aromatic heterocycles. The quantitative estimate of drug-likeness (QED) is 0.877. The highest BCUT2D eigenvalue weighted by atomic mass is 16.5. The molecule has 4 heteroatoms. The zero-order chi connectivity index (χ0) is 14.5. The van der Waals surface area contributed by atoms with E-state index in [2.05, 4.69) is 19.1 Å². The maximum Gasteiger partial charge on any atom is 0.339 e. The molecular weight excluding hydrogens is 256 g/mol. The molecule has 0 bridgehead atoms. The Morgan fingerprint density at radius 1 is 1.15 bits per heavy atom. The Labute approximate surface area is 117 Å². The summed E-state index contributed by atoms with van der Waals surface area (Å²) in [5, 5.41) is 18.4. The second-order valence-corrected chi connectivity index (χ2v) is 4.45. The summed E-state index contributed by atoms with van der Waals surface area (Å²) in [6.07, 6.45) is 0.960. The van der Waals surface area contributed by atoms with Crippen LogP contribution in [0, 0.1) is 0 Å². The molecule has 2 rings (SSSR count). The van der Waals surface area contributed by atoms with E-state index >= 15 is 0 Å². The fourth-order valence-corrected chi connectivity index (χ4v) is 1.89. The SMILES string of the molecule is CCc1cccc(COc2ccc(C(=O)O)c(O)c2)c1. The van der Waals surface area contributed by atoms with Crippen molar-refractivity contribution in [3.8, 4) is 11.5 Å². The van der Waals surface area contributed by atoms with Crippen LogP contribution in [0.3, 0.4) is 0 Å². The van der Waals surface area contributed by atoms with E-state index in [1.54, 1.807) is 0 Å². The minimum atomic E-state index is -1.16. The number of ether oxygens (including phenoxy) is 1. The van der Waals surface area contributed by atoms with Crippen LogP contribution in [-0.2, 0) is 13.0 Å². The lowest BCUT2D eigenvalue weighted by atomic mass is 10.1. The van der Waals surface area contributed by atoms with Crippen molar-refractivity contribution in [1.82, 2.24) is 0 Å². The maximum atomic E-state index is 10.8. The van der Waals surface area contributed by atoms with Gasteiger partial charge in [0.1, 0.15) is 23.7 Å². The summed E-state index contributed by atoms with van der Waals surface area (Å²) in [6, 6.07) is 12.2. The third kappa shape index (κ3) is 3.29. The second-order valence-electron chi connectivity index (χ2n) is 4.45. The van der Waals surface area contributed by atoms with Crippen molar-refractivity contribution in [2.45, 2.75) is 20.0 Å². The van der Waals surface area contributed by atoms with Gasteiger partial charge in [-0.15, -0.1) is 0 Å². The molecular formula is C16H16O4. The fourth-order valence-electron chi connectivity index (χ4n) is 1.89.